The van der Waals surface area contributed by atoms with Gasteiger partial charge in [-0.25, -0.2) is 4.39 Å². The Morgan fingerprint density at radius 3 is 2.92 bits per heavy atom. The van der Waals surface area contributed by atoms with E-state index in [0.717, 1.165) is 58.6 Å². The van der Waals surface area contributed by atoms with E-state index in [2.05, 4.69) is 15.5 Å². The van der Waals surface area contributed by atoms with Gasteiger partial charge in [-0.1, -0.05) is 18.2 Å². The number of halogens is 1. The molecular weight excluding hydrogens is 469 g/mol. The van der Waals surface area contributed by atoms with E-state index in [9.17, 15) is 9.18 Å². The zero-order valence-electron chi connectivity index (χ0n) is 21.2. The van der Waals surface area contributed by atoms with Crippen molar-refractivity contribution >= 4 is 16.7 Å². The van der Waals surface area contributed by atoms with Gasteiger partial charge in [0.05, 0.1) is 31.0 Å². The molecule has 2 N–H and O–H groups in total. The fourth-order valence-electron chi connectivity index (χ4n) is 5.30. The summed E-state index contributed by atoms with van der Waals surface area (Å²) < 4.78 is 26.4. The predicted octanol–water partition coefficient (Wildman–Crippen LogP) is 5.61. The first-order valence-corrected chi connectivity index (χ1v) is 12.7. The van der Waals surface area contributed by atoms with E-state index < -0.39 is 5.82 Å². The second-order valence-corrected chi connectivity index (χ2v) is 9.71. The van der Waals surface area contributed by atoms with Gasteiger partial charge in [-0.2, -0.15) is 5.10 Å². The van der Waals surface area contributed by atoms with Crippen LogP contribution in [-0.2, 0) is 6.42 Å². The summed E-state index contributed by atoms with van der Waals surface area (Å²) >= 11 is 0. The molecule has 2 heterocycles. The van der Waals surface area contributed by atoms with E-state index in [1.165, 1.54) is 6.07 Å². The first kappa shape index (κ1) is 25.0. The summed E-state index contributed by atoms with van der Waals surface area (Å²) in [6.45, 7) is 4.19. The molecule has 0 amide bonds. The molecule has 2 atom stereocenters. The van der Waals surface area contributed by atoms with Gasteiger partial charge in [0.1, 0.15) is 17.3 Å². The number of piperidine rings is 1. The van der Waals surface area contributed by atoms with Crippen molar-refractivity contribution in [1.29, 1.82) is 0 Å². The summed E-state index contributed by atoms with van der Waals surface area (Å²) in [5, 5.41) is 11.5. The summed E-state index contributed by atoms with van der Waals surface area (Å²) in [5.74, 6) is 1.24. The molecule has 192 valence electrons. The van der Waals surface area contributed by atoms with Gasteiger partial charge >= 0.3 is 0 Å². The van der Waals surface area contributed by atoms with Crippen molar-refractivity contribution in [1.82, 2.24) is 15.5 Å². The number of ketones is 1. The number of aromatic nitrogens is 2. The Labute approximate surface area is 216 Å². The third-order valence-corrected chi connectivity index (χ3v) is 7.39. The van der Waals surface area contributed by atoms with Gasteiger partial charge in [0, 0.05) is 24.3 Å². The van der Waals surface area contributed by atoms with Crippen molar-refractivity contribution in [3.8, 4) is 11.5 Å². The van der Waals surface area contributed by atoms with E-state index in [0.29, 0.717) is 13.0 Å². The fourth-order valence-corrected chi connectivity index (χ4v) is 5.30. The highest BCUT2D eigenvalue weighted by Crippen LogP contribution is 2.33. The monoisotopic (exact) mass is 501 g/mol. The molecule has 5 rings (SSSR count). The van der Waals surface area contributed by atoms with Gasteiger partial charge in [0.25, 0.3) is 0 Å². The van der Waals surface area contributed by atoms with Gasteiger partial charge in [-0.3, -0.25) is 9.89 Å². The van der Waals surface area contributed by atoms with Gasteiger partial charge in [-0.05, 0) is 85.3 Å². The van der Waals surface area contributed by atoms with Crippen molar-refractivity contribution in [2.45, 2.75) is 32.1 Å². The zero-order chi connectivity index (χ0) is 25.8. The van der Waals surface area contributed by atoms with Crippen LogP contribution >= 0.6 is 0 Å². The summed E-state index contributed by atoms with van der Waals surface area (Å²) in [4.78, 5) is 13.1. The number of nitrogens with zero attached hydrogens (tertiary/aromatic N) is 1. The lowest BCUT2D eigenvalue weighted by atomic mass is 9.80. The molecule has 1 aliphatic rings. The van der Waals surface area contributed by atoms with Gasteiger partial charge in [-0.15, -0.1) is 0 Å². The standard InChI is InChI=1S/C30H32FN3O3/c1-19-4-3-5-30(36-2)24(19)8-11-29(35)26-15-20(6-9-27(26)31)25-12-13-32-16-22(25)18-37-23-7-10-28-21(14-23)17-33-34-28/h3-7,9-10,14-15,17,22,25,32H,8,11-13,16,18H2,1-2H3,(H,33,34)/t22-,25-/m0/s1. The number of Topliss-reactive ketones (excluding diaryl/α,β-unsaturated/α-hetero) is 1. The summed E-state index contributed by atoms with van der Waals surface area (Å²) in [7, 11) is 1.62. The number of hydrogen-bond acceptors (Lipinski definition) is 5. The molecule has 6 nitrogen and oxygen atoms in total. The van der Waals surface area contributed by atoms with Crippen molar-refractivity contribution < 1.29 is 18.7 Å². The van der Waals surface area contributed by atoms with Crippen molar-refractivity contribution in [2.24, 2.45) is 5.92 Å². The number of aromatic amines is 1. The fraction of sp³-hybridized carbons (Fsp3) is 0.333. The Bertz CT molecular complexity index is 1400. The van der Waals surface area contributed by atoms with Crippen LogP contribution in [0.1, 0.15) is 45.8 Å². The number of hydrogen-bond donors (Lipinski definition) is 2. The van der Waals surface area contributed by atoms with Crippen molar-refractivity contribution in [3.63, 3.8) is 0 Å². The molecular formula is C30H32FN3O3. The predicted molar refractivity (Wildman–Crippen MR) is 142 cm³/mol. The molecule has 0 unspecified atom stereocenters. The molecule has 0 aliphatic carbocycles. The van der Waals surface area contributed by atoms with Crippen LogP contribution in [0.4, 0.5) is 4.39 Å². The summed E-state index contributed by atoms with van der Waals surface area (Å²) in [5.41, 5.74) is 4.16. The normalized spacial score (nSPS) is 17.6. The van der Waals surface area contributed by atoms with Gasteiger partial charge < -0.3 is 14.8 Å². The molecule has 37 heavy (non-hydrogen) atoms. The number of carbonyl (C=O) groups is 1. The highest BCUT2D eigenvalue weighted by molar-refractivity contribution is 5.96. The molecule has 0 spiro atoms. The van der Waals surface area contributed by atoms with E-state index in [1.807, 2.05) is 49.4 Å². The second-order valence-electron chi connectivity index (χ2n) is 9.71. The van der Waals surface area contributed by atoms with Gasteiger partial charge in [0.15, 0.2) is 5.78 Å². The molecule has 1 saturated heterocycles. The molecule has 0 bridgehead atoms. The Balaban J connectivity index is 1.30. The minimum Gasteiger partial charge on any atom is -0.496 e. The van der Waals surface area contributed by atoms with Crippen LogP contribution in [0, 0.1) is 18.7 Å². The van der Waals surface area contributed by atoms with E-state index in [4.69, 9.17) is 9.47 Å². The molecule has 1 fully saturated rings. The topological polar surface area (TPSA) is 76.2 Å². The number of fused-ring (bicyclic) bond motifs is 1. The average Bonchev–Trinajstić information content (AvgIpc) is 3.39. The Morgan fingerprint density at radius 2 is 2.05 bits per heavy atom. The molecule has 4 aromatic rings. The SMILES string of the molecule is COc1cccc(C)c1CCC(=O)c1cc([C@@H]2CCNC[C@H]2COc2ccc3[nH]ncc3c2)ccc1F. The molecule has 0 saturated carbocycles. The van der Waals surface area contributed by atoms with Crippen molar-refractivity contribution in [2.75, 3.05) is 26.8 Å². The number of ether oxygens (including phenoxy) is 2. The Hall–Kier alpha value is -3.71. The van der Waals surface area contributed by atoms with E-state index in [-0.39, 0.29) is 29.6 Å². The molecule has 0 radical (unpaired) electrons. The average molecular weight is 502 g/mol. The minimum absolute atomic E-state index is 0.161. The number of nitrogens with one attached hydrogen (secondary N) is 2. The van der Waals surface area contributed by atoms with Crippen LogP contribution in [0.3, 0.4) is 0 Å². The van der Waals surface area contributed by atoms with Crippen LogP contribution in [0.5, 0.6) is 11.5 Å². The molecule has 3 aromatic carbocycles. The lowest BCUT2D eigenvalue weighted by molar-refractivity contribution is 0.0978. The second kappa shape index (κ2) is 11.1. The van der Waals surface area contributed by atoms with Crippen molar-refractivity contribution in [3.05, 3.63) is 88.9 Å². The minimum atomic E-state index is -0.472. The number of methoxy groups -OCH3 is 1. The number of H-pyrrole nitrogens is 1. The number of aryl methyl sites for hydroxylation is 1. The number of rotatable bonds is 9. The largest absolute Gasteiger partial charge is 0.496 e. The number of benzene rings is 3. The lowest BCUT2D eigenvalue weighted by Gasteiger charge is -2.32. The first-order valence-electron chi connectivity index (χ1n) is 12.7. The Kier molecular flexibility index (Phi) is 7.51. The molecule has 1 aromatic heterocycles. The lowest BCUT2D eigenvalue weighted by Crippen LogP contribution is -2.38. The summed E-state index contributed by atoms with van der Waals surface area (Å²) in [6.07, 6.45) is 3.40. The number of carbonyl (C=O) groups excluding carboxylic acids is 1. The molecule has 1 aliphatic heterocycles. The quantitative estimate of drug-likeness (QED) is 0.292. The van der Waals surface area contributed by atoms with Crippen LogP contribution in [0.15, 0.2) is 60.8 Å². The van der Waals surface area contributed by atoms with E-state index in [1.54, 1.807) is 19.4 Å². The van der Waals surface area contributed by atoms with Crippen LogP contribution in [0.25, 0.3) is 10.9 Å². The first-order chi connectivity index (χ1) is 18.0. The van der Waals surface area contributed by atoms with Crippen LogP contribution in [0.2, 0.25) is 0 Å². The maximum Gasteiger partial charge on any atom is 0.166 e. The zero-order valence-corrected chi connectivity index (χ0v) is 21.2. The van der Waals surface area contributed by atoms with Gasteiger partial charge in [0.2, 0.25) is 0 Å². The maximum absolute atomic E-state index is 14.8. The summed E-state index contributed by atoms with van der Waals surface area (Å²) in [6, 6.07) is 16.7. The third-order valence-electron chi connectivity index (χ3n) is 7.39. The Morgan fingerprint density at radius 1 is 1.16 bits per heavy atom. The highest BCUT2D eigenvalue weighted by atomic mass is 19.1. The highest BCUT2D eigenvalue weighted by Gasteiger charge is 2.28. The van der Waals surface area contributed by atoms with Crippen LogP contribution in [-0.4, -0.2) is 42.8 Å². The third kappa shape index (κ3) is 5.52. The van der Waals surface area contributed by atoms with E-state index >= 15 is 0 Å². The molecule has 7 heteroatoms. The smallest absolute Gasteiger partial charge is 0.166 e. The van der Waals surface area contributed by atoms with Crippen LogP contribution < -0.4 is 14.8 Å². The maximum atomic E-state index is 14.8.